The number of rotatable bonds is 10. The van der Waals surface area contributed by atoms with Crippen LogP contribution in [0.3, 0.4) is 0 Å². The molecule has 390 valence electrons. The second kappa shape index (κ2) is 19.7. The van der Waals surface area contributed by atoms with Gasteiger partial charge in [-0.2, -0.15) is 0 Å². The third kappa shape index (κ3) is 8.55. The molecular formula is C72H60N6O2. The van der Waals surface area contributed by atoms with Crippen molar-refractivity contribution in [3.8, 4) is 79.4 Å². The third-order valence-electron chi connectivity index (χ3n) is 15.9. The van der Waals surface area contributed by atoms with Crippen molar-refractivity contribution < 1.29 is 9.47 Å². The Morgan fingerprint density at radius 3 is 1.07 bits per heavy atom. The molecule has 0 aliphatic rings. The smallest absolute Gasteiger partial charge is 0.141 e. The Labute approximate surface area is 466 Å². The molecule has 5 aromatic heterocycles. The summed E-state index contributed by atoms with van der Waals surface area (Å²) in [6.45, 7) is 21.9. The van der Waals surface area contributed by atoms with Crippen LogP contribution in [0.1, 0.15) is 55.6 Å². The molecule has 0 spiro atoms. The zero-order chi connectivity index (χ0) is 55.1. The molecule has 0 fully saturated rings. The van der Waals surface area contributed by atoms with Gasteiger partial charge in [0.25, 0.3) is 0 Å². The highest BCUT2D eigenvalue weighted by atomic mass is 16.5. The van der Waals surface area contributed by atoms with Crippen molar-refractivity contribution in [1.29, 1.82) is 0 Å². The summed E-state index contributed by atoms with van der Waals surface area (Å²) in [5, 5.41) is 4.58. The molecule has 8 heteroatoms. The van der Waals surface area contributed by atoms with E-state index in [1.165, 1.54) is 55.6 Å². The molecule has 0 aliphatic carbocycles. The van der Waals surface area contributed by atoms with Crippen molar-refractivity contribution in [2.75, 3.05) is 0 Å². The molecule has 13 aromatic rings. The molecule has 0 aliphatic heterocycles. The van der Waals surface area contributed by atoms with E-state index in [1.807, 2.05) is 85.5 Å². The molecule has 80 heavy (non-hydrogen) atoms. The van der Waals surface area contributed by atoms with E-state index in [2.05, 4.69) is 175 Å². The second-order valence-corrected chi connectivity index (χ2v) is 21.7. The number of fused-ring (bicyclic) bond motifs is 6. The van der Waals surface area contributed by atoms with E-state index in [0.717, 1.165) is 112 Å². The number of hydrogen-bond donors (Lipinski definition) is 0. The average Bonchev–Trinajstić information content (AvgIpc) is 3.99. The topological polar surface area (TPSA) is 79.9 Å². The van der Waals surface area contributed by atoms with Gasteiger partial charge < -0.3 is 9.47 Å². The molecule has 13 rings (SSSR count). The van der Waals surface area contributed by atoms with E-state index >= 15 is 0 Å². The van der Waals surface area contributed by atoms with Crippen LogP contribution in [-0.4, -0.2) is 29.1 Å². The van der Waals surface area contributed by atoms with E-state index in [1.54, 1.807) is 0 Å². The minimum atomic E-state index is 0.693. The van der Waals surface area contributed by atoms with Crippen LogP contribution in [0.25, 0.3) is 100 Å². The molecule has 8 aromatic carbocycles. The van der Waals surface area contributed by atoms with E-state index in [9.17, 15) is 0 Å². The highest BCUT2D eigenvalue weighted by Gasteiger charge is 2.23. The summed E-state index contributed by atoms with van der Waals surface area (Å²) in [4.78, 5) is 20.1. The summed E-state index contributed by atoms with van der Waals surface area (Å²) in [6, 6.07) is 54.9. The molecule has 8 nitrogen and oxygen atoms in total. The van der Waals surface area contributed by atoms with Crippen LogP contribution in [0.15, 0.2) is 183 Å². The van der Waals surface area contributed by atoms with E-state index in [-0.39, 0.29) is 0 Å². The van der Waals surface area contributed by atoms with Gasteiger partial charge in [0.15, 0.2) is 0 Å². The average molecular weight is 1040 g/mol. The van der Waals surface area contributed by atoms with Gasteiger partial charge in [-0.15, -0.1) is 0 Å². The van der Waals surface area contributed by atoms with Gasteiger partial charge in [-0.05, 0) is 186 Å². The van der Waals surface area contributed by atoms with Gasteiger partial charge in [-0.3, -0.25) is 19.1 Å². The second-order valence-electron chi connectivity index (χ2n) is 21.7. The fourth-order valence-corrected chi connectivity index (χ4v) is 12.6. The largest absolute Gasteiger partial charge is 0.457 e. The van der Waals surface area contributed by atoms with Gasteiger partial charge in [-0.1, -0.05) is 96.1 Å². The molecule has 5 heterocycles. The first-order valence-electron chi connectivity index (χ1n) is 27.3. The maximum atomic E-state index is 6.68. The molecule has 0 saturated heterocycles. The molecule has 0 bridgehead atoms. The Morgan fingerprint density at radius 1 is 0.300 bits per heavy atom. The molecular weight excluding hydrogens is 981 g/mol. The van der Waals surface area contributed by atoms with Gasteiger partial charge >= 0.3 is 0 Å². The summed E-state index contributed by atoms with van der Waals surface area (Å²) in [5.74, 6) is 4.63. The lowest BCUT2D eigenvalue weighted by atomic mass is 9.89. The Hall–Kier alpha value is -9.66. The van der Waals surface area contributed by atoms with Crippen LogP contribution >= 0.6 is 0 Å². The van der Waals surface area contributed by atoms with Gasteiger partial charge in [0.1, 0.15) is 34.6 Å². The van der Waals surface area contributed by atoms with Crippen LogP contribution in [-0.2, 0) is 0 Å². The van der Waals surface area contributed by atoms with Crippen molar-refractivity contribution >= 4 is 43.6 Å². The lowest BCUT2D eigenvalue weighted by Crippen LogP contribution is -2.05. The summed E-state index contributed by atoms with van der Waals surface area (Å²) in [6.07, 6.45) is 7.66. The van der Waals surface area contributed by atoms with Gasteiger partial charge in [0.05, 0.1) is 45.8 Å². The fraction of sp³-hybridized carbons (Fsp3) is 0.139. The van der Waals surface area contributed by atoms with Crippen LogP contribution in [0, 0.1) is 69.2 Å². The molecule has 0 saturated carbocycles. The van der Waals surface area contributed by atoms with Gasteiger partial charge in [0, 0.05) is 68.3 Å². The Balaban J connectivity index is 0.778. The van der Waals surface area contributed by atoms with Crippen LogP contribution in [0.2, 0.25) is 0 Å². The first kappa shape index (κ1) is 49.9. The monoisotopic (exact) mass is 1040 g/mol. The molecule has 0 amide bonds. The quantitative estimate of drug-likeness (QED) is 0.136. The number of pyridine rings is 2. The molecule has 0 N–H and O–H groups in total. The maximum absolute atomic E-state index is 6.68. The van der Waals surface area contributed by atoms with Crippen LogP contribution < -0.4 is 9.47 Å². The number of benzene rings is 8. The zero-order valence-corrected chi connectivity index (χ0v) is 46.8. The minimum absolute atomic E-state index is 0.693. The van der Waals surface area contributed by atoms with Crippen molar-refractivity contribution in [1.82, 2.24) is 29.1 Å². The zero-order valence-electron chi connectivity index (χ0n) is 46.8. The lowest BCUT2D eigenvalue weighted by Gasteiger charge is -2.20. The maximum Gasteiger partial charge on any atom is 0.141 e. The van der Waals surface area contributed by atoms with Gasteiger partial charge in [0.2, 0.25) is 0 Å². The summed E-state index contributed by atoms with van der Waals surface area (Å²) in [7, 11) is 0. The Morgan fingerprint density at radius 2 is 0.675 bits per heavy atom. The Bertz CT molecular complexity index is 4320. The predicted octanol–water partition coefficient (Wildman–Crippen LogP) is 18.8. The van der Waals surface area contributed by atoms with Crippen LogP contribution in [0.5, 0.6) is 23.0 Å². The standard InChI is InChI=1S/C72H60N6O2/c1-41-29-43(3)67(44(4)30-41)69-47(7)37-75-71(49(69)9)77-63-23-13-11-21-57(63)59-27-25-55(35-65(59)77)79-53-19-15-17-51(33-53)61-39-74-62(40-73-61)52-18-16-20-54(34-52)80-56-26-28-60-58-22-12-14-24-64(58)78(66(60)36-56)72-50(10)70(48(8)38-76-72)68-45(5)31-42(2)32-46(68)6/h11-40H,1-10H3. The normalized spacial score (nSPS) is 11.6. The van der Waals surface area contributed by atoms with Crippen molar-refractivity contribution in [2.24, 2.45) is 0 Å². The molecule has 0 radical (unpaired) electrons. The SMILES string of the molecule is Cc1cc(C)c(-c2c(C)cnc(-n3c4ccccc4c4ccc(Oc5cccc(-c6cnc(-c7cccc(Oc8ccc9c%10ccccc%10n(-c%10ncc(C)c(-c%11c(C)cc(C)cc%11C)c%10C)c9c8)c7)cn6)c5)cc43)c2C)c(C)c1. The first-order valence-corrected chi connectivity index (χ1v) is 27.3. The first-order chi connectivity index (χ1) is 38.8. The lowest BCUT2D eigenvalue weighted by molar-refractivity contribution is 0.483. The number of aromatic nitrogens is 6. The fourth-order valence-electron chi connectivity index (χ4n) is 12.6. The summed E-state index contributed by atoms with van der Waals surface area (Å²) >= 11 is 0. The highest BCUT2D eigenvalue weighted by Crippen LogP contribution is 2.43. The van der Waals surface area contributed by atoms with E-state index < -0.39 is 0 Å². The molecule has 0 unspecified atom stereocenters. The molecule has 0 atom stereocenters. The third-order valence-corrected chi connectivity index (χ3v) is 15.9. The van der Waals surface area contributed by atoms with Crippen molar-refractivity contribution in [2.45, 2.75) is 69.2 Å². The minimum Gasteiger partial charge on any atom is -0.457 e. The van der Waals surface area contributed by atoms with Crippen molar-refractivity contribution in [3.05, 3.63) is 238 Å². The Kier molecular flexibility index (Phi) is 12.3. The summed E-state index contributed by atoms with van der Waals surface area (Å²) in [5.41, 5.74) is 24.6. The van der Waals surface area contributed by atoms with E-state index in [0.29, 0.717) is 11.5 Å². The highest BCUT2D eigenvalue weighted by molar-refractivity contribution is 6.11. The number of aryl methyl sites for hydroxylation is 8. The number of ether oxygens (including phenoxy) is 2. The summed E-state index contributed by atoms with van der Waals surface area (Å²) < 4.78 is 17.9. The van der Waals surface area contributed by atoms with Crippen LogP contribution in [0.4, 0.5) is 0 Å². The number of para-hydroxylation sites is 2. The predicted molar refractivity (Wildman–Crippen MR) is 328 cm³/mol. The van der Waals surface area contributed by atoms with Gasteiger partial charge in [-0.25, -0.2) is 9.97 Å². The van der Waals surface area contributed by atoms with E-state index in [4.69, 9.17) is 29.4 Å². The number of hydrogen-bond acceptors (Lipinski definition) is 6. The number of nitrogens with zero attached hydrogens (tertiary/aromatic N) is 6. The van der Waals surface area contributed by atoms with Crippen molar-refractivity contribution in [3.63, 3.8) is 0 Å².